The first-order chi connectivity index (χ1) is 9.36. The van der Waals surface area contributed by atoms with Gasteiger partial charge in [0.25, 0.3) is 0 Å². The van der Waals surface area contributed by atoms with Gasteiger partial charge in [-0.1, -0.05) is 12.1 Å². The largest absolute Gasteiger partial charge is 0.384 e. The maximum Gasteiger partial charge on any atom is 0.0502 e. The van der Waals surface area contributed by atoms with E-state index in [1.165, 1.54) is 28.5 Å². The molecule has 0 radical (unpaired) electrons. The van der Waals surface area contributed by atoms with Crippen LogP contribution < -0.4 is 5.32 Å². The molecular weight excluding hydrogens is 236 g/mol. The van der Waals surface area contributed by atoms with Crippen LogP contribution in [0, 0.1) is 5.92 Å². The fourth-order valence-corrected chi connectivity index (χ4v) is 3.98. The van der Waals surface area contributed by atoms with Gasteiger partial charge < -0.3 is 15.0 Å². The van der Waals surface area contributed by atoms with E-state index in [2.05, 4.69) is 34.7 Å². The number of nitrogens with one attached hydrogen (secondary N) is 2. The fourth-order valence-electron chi connectivity index (χ4n) is 3.98. The van der Waals surface area contributed by atoms with E-state index in [1.807, 2.05) is 0 Å². The normalized spacial score (nSPS) is 29.4. The van der Waals surface area contributed by atoms with Crippen molar-refractivity contribution in [3.05, 3.63) is 35.5 Å². The van der Waals surface area contributed by atoms with Gasteiger partial charge in [0.15, 0.2) is 0 Å². The van der Waals surface area contributed by atoms with Crippen LogP contribution in [-0.2, 0) is 11.2 Å². The van der Waals surface area contributed by atoms with Crippen LogP contribution >= 0.6 is 0 Å². The van der Waals surface area contributed by atoms with Gasteiger partial charge in [0.05, 0.1) is 6.61 Å². The van der Waals surface area contributed by atoms with Crippen molar-refractivity contribution < 1.29 is 4.74 Å². The predicted molar refractivity (Wildman–Crippen MR) is 76.5 cm³/mol. The summed E-state index contributed by atoms with van der Waals surface area (Å²) in [5, 5.41) is 5.21. The third-order valence-corrected chi connectivity index (χ3v) is 4.80. The minimum absolute atomic E-state index is 0.599. The summed E-state index contributed by atoms with van der Waals surface area (Å²) in [6, 6.07) is 7.28. The van der Waals surface area contributed by atoms with Crippen molar-refractivity contribution in [2.75, 3.05) is 20.3 Å². The summed E-state index contributed by atoms with van der Waals surface area (Å²) < 4.78 is 5.34. The second-order valence-corrected chi connectivity index (χ2v) is 5.97. The Morgan fingerprint density at radius 1 is 1.37 bits per heavy atom. The van der Waals surface area contributed by atoms with E-state index in [0.29, 0.717) is 17.9 Å². The zero-order valence-corrected chi connectivity index (χ0v) is 11.3. The molecule has 3 heteroatoms. The van der Waals surface area contributed by atoms with Gasteiger partial charge in [-0.2, -0.15) is 0 Å². The summed E-state index contributed by atoms with van der Waals surface area (Å²) >= 11 is 0. The van der Waals surface area contributed by atoms with Gasteiger partial charge in [0.2, 0.25) is 0 Å². The highest BCUT2D eigenvalue weighted by molar-refractivity contribution is 5.88. The first kappa shape index (κ1) is 11.5. The van der Waals surface area contributed by atoms with Crippen molar-refractivity contribution in [1.29, 1.82) is 0 Å². The molecule has 100 valence electrons. The molecule has 0 saturated carbocycles. The minimum atomic E-state index is 0.599. The molecule has 19 heavy (non-hydrogen) atoms. The Morgan fingerprint density at radius 3 is 3.21 bits per heavy atom. The third-order valence-electron chi connectivity index (χ3n) is 4.80. The zero-order chi connectivity index (χ0) is 12.8. The molecule has 4 rings (SSSR count). The third kappa shape index (κ3) is 1.72. The lowest BCUT2D eigenvalue weighted by atomic mass is 9.73. The van der Waals surface area contributed by atoms with Crippen LogP contribution in [0.2, 0.25) is 0 Å². The van der Waals surface area contributed by atoms with Crippen LogP contribution in [-0.4, -0.2) is 31.3 Å². The van der Waals surface area contributed by atoms with E-state index < -0.39 is 0 Å². The van der Waals surface area contributed by atoms with E-state index in [9.17, 15) is 0 Å². The van der Waals surface area contributed by atoms with Crippen LogP contribution in [0.5, 0.6) is 0 Å². The minimum Gasteiger partial charge on any atom is -0.384 e. The average molecular weight is 256 g/mol. The van der Waals surface area contributed by atoms with Gasteiger partial charge in [-0.15, -0.1) is 0 Å². The highest BCUT2D eigenvalue weighted by Crippen LogP contribution is 2.41. The standard InChI is InChI=1S/C16H20N2O/c1-19-9-10-5-13-12-3-2-4-14-16(12)11(8-18-14)6-15(13)17-7-10/h2-4,8,10,13,15,17-18H,5-7,9H2,1H3/t10?,13-,15-/m1/s1. The molecule has 3 atom stereocenters. The molecule has 1 aliphatic carbocycles. The lowest BCUT2D eigenvalue weighted by Crippen LogP contribution is -2.47. The number of benzene rings is 1. The topological polar surface area (TPSA) is 37.0 Å². The number of aromatic amines is 1. The van der Waals surface area contributed by atoms with E-state index in [4.69, 9.17) is 4.74 Å². The van der Waals surface area contributed by atoms with Gasteiger partial charge in [-0.3, -0.25) is 0 Å². The number of piperidine rings is 1. The Morgan fingerprint density at radius 2 is 2.32 bits per heavy atom. The monoisotopic (exact) mass is 256 g/mol. The van der Waals surface area contributed by atoms with Crippen LogP contribution in [0.15, 0.2) is 24.4 Å². The van der Waals surface area contributed by atoms with Crippen molar-refractivity contribution >= 4 is 10.9 Å². The SMILES string of the molecule is COCC1CN[C@@H]2Cc3c[nH]c4cccc(c34)[C@H]2C1. The molecule has 0 amide bonds. The summed E-state index contributed by atoms with van der Waals surface area (Å²) in [6.07, 6.45) is 4.59. The molecule has 1 aromatic carbocycles. The number of ether oxygens (including phenoxy) is 1. The molecule has 2 aromatic rings. The highest BCUT2D eigenvalue weighted by Gasteiger charge is 2.36. The van der Waals surface area contributed by atoms with Crippen molar-refractivity contribution in [2.24, 2.45) is 5.92 Å². The Labute approximate surface area is 113 Å². The lowest BCUT2D eigenvalue weighted by Gasteiger charge is -2.40. The van der Waals surface area contributed by atoms with Gasteiger partial charge in [0.1, 0.15) is 0 Å². The maximum absolute atomic E-state index is 5.34. The maximum atomic E-state index is 5.34. The molecule has 1 aromatic heterocycles. The number of rotatable bonds is 2. The van der Waals surface area contributed by atoms with E-state index in [0.717, 1.165) is 19.6 Å². The van der Waals surface area contributed by atoms with Crippen LogP contribution in [0.4, 0.5) is 0 Å². The molecule has 3 nitrogen and oxygen atoms in total. The summed E-state index contributed by atoms with van der Waals surface area (Å²) in [5.74, 6) is 1.28. The molecule has 2 aliphatic rings. The predicted octanol–water partition coefficient (Wildman–Crippen LogP) is 2.43. The van der Waals surface area contributed by atoms with Crippen LogP contribution in [0.3, 0.4) is 0 Å². The quantitative estimate of drug-likeness (QED) is 0.866. The highest BCUT2D eigenvalue weighted by atomic mass is 16.5. The lowest BCUT2D eigenvalue weighted by molar-refractivity contribution is 0.121. The molecule has 1 unspecified atom stereocenters. The number of fused-ring (bicyclic) bond motifs is 2. The Hall–Kier alpha value is -1.32. The Kier molecular flexibility index (Phi) is 2.64. The molecule has 1 saturated heterocycles. The number of H-pyrrole nitrogens is 1. The van der Waals surface area contributed by atoms with Gasteiger partial charge in [-0.25, -0.2) is 0 Å². The van der Waals surface area contributed by atoms with Crippen LogP contribution in [0.1, 0.15) is 23.5 Å². The molecule has 1 aliphatic heterocycles. The summed E-state index contributed by atoms with van der Waals surface area (Å²) in [6.45, 7) is 1.96. The van der Waals surface area contributed by atoms with E-state index >= 15 is 0 Å². The molecule has 0 spiro atoms. The van der Waals surface area contributed by atoms with Crippen molar-refractivity contribution in [3.8, 4) is 0 Å². The molecule has 2 heterocycles. The van der Waals surface area contributed by atoms with Crippen molar-refractivity contribution in [1.82, 2.24) is 10.3 Å². The number of aromatic nitrogens is 1. The van der Waals surface area contributed by atoms with Crippen LogP contribution in [0.25, 0.3) is 10.9 Å². The number of hydrogen-bond donors (Lipinski definition) is 2. The smallest absolute Gasteiger partial charge is 0.0502 e. The van der Waals surface area contributed by atoms with Crippen molar-refractivity contribution in [3.63, 3.8) is 0 Å². The van der Waals surface area contributed by atoms with Crippen molar-refractivity contribution in [2.45, 2.75) is 24.8 Å². The van der Waals surface area contributed by atoms with Gasteiger partial charge >= 0.3 is 0 Å². The molecule has 1 fully saturated rings. The number of hydrogen-bond acceptors (Lipinski definition) is 2. The summed E-state index contributed by atoms with van der Waals surface area (Å²) in [7, 11) is 1.80. The first-order valence-electron chi connectivity index (χ1n) is 7.18. The zero-order valence-electron chi connectivity index (χ0n) is 11.3. The summed E-state index contributed by atoms with van der Waals surface area (Å²) in [5.41, 5.74) is 4.29. The second kappa shape index (κ2) is 4.36. The number of methoxy groups -OCH3 is 1. The summed E-state index contributed by atoms with van der Waals surface area (Å²) in [4.78, 5) is 3.41. The molecule has 2 N–H and O–H groups in total. The molecule has 0 bridgehead atoms. The Bertz CT molecular complexity index is 604. The second-order valence-electron chi connectivity index (χ2n) is 5.97. The van der Waals surface area contributed by atoms with Gasteiger partial charge in [0, 0.05) is 42.7 Å². The average Bonchev–Trinajstić information content (AvgIpc) is 2.85. The molecular formula is C16H20N2O. The Balaban J connectivity index is 1.76. The first-order valence-corrected chi connectivity index (χ1v) is 7.18. The fraction of sp³-hybridized carbons (Fsp3) is 0.500. The van der Waals surface area contributed by atoms with E-state index in [1.54, 1.807) is 7.11 Å². The van der Waals surface area contributed by atoms with Gasteiger partial charge in [-0.05, 0) is 36.0 Å². The van der Waals surface area contributed by atoms with E-state index in [-0.39, 0.29) is 0 Å².